The Morgan fingerprint density at radius 1 is 1.12 bits per heavy atom. The molecule has 0 aliphatic carbocycles. The number of hydrogen-bond donors (Lipinski definition) is 1. The van der Waals surface area contributed by atoms with Gasteiger partial charge in [0.2, 0.25) is 0 Å². The van der Waals surface area contributed by atoms with Gasteiger partial charge in [-0.2, -0.15) is 0 Å². The Morgan fingerprint density at radius 3 is 2.06 bits per heavy atom. The average Bonchev–Trinajstić information content (AvgIpc) is 2.28. The molecule has 7 nitrogen and oxygen atoms in total. The first-order valence-electron chi connectivity index (χ1n) is 5.06. The van der Waals surface area contributed by atoms with Crippen LogP contribution in [-0.2, 0) is 14.3 Å². The fraction of sp³-hybridized carbons (Fsp3) is 0.667. The van der Waals surface area contributed by atoms with E-state index in [9.17, 15) is 14.4 Å². The molecule has 16 heavy (non-hydrogen) atoms. The molecule has 2 N–H and O–H groups in total. The van der Waals surface area contributed by atoms with E-state index in [2.05, 4.69) is 0 Å². The smallest absolute Gasteiger partial charge is 0.409 e. The molecule has 7 heteroatoms. The molecule has 1 aliphatic heterocycles. The molecule has 0 saturated carbocycles. The highest BCUT2D eigenvalue weighted by Gasteiger charge is 2.26. The Bertz CT molecular complexity index is 297. The van der Waals surface area contributed by atoms with Gasteiger partial charge in [-0.3, -0.25) is 9.59 Å². The Hall–Kier alpha value is -1.79. The number of carbonyl (C=O) groups excluding carboxylic acids is 3. The Kier molecular flexibility index (Phi) is 4.10. The zero-order valence-corrected chi connectivity index (χ0v) is 9.14. The van der Waals surface area contributed by atoms with Crippen LogP contribution in [0.4, 0.5) is 4.79 Å². The number of carbonyl (C=O) groups is 3. The minimum atomic E-state index is -0.968. The number of primary amides is 1. The van der Waals surface area contributed by atoms with Crippen LogP contribution in [0.25, 0.3) is 0 Å². The molecule has 3 amide bonds. The van der Waals surface area contributed by atoms with Gasteiger partial charge in [-0.25, -0.2) is 4.79 Å². The topological polar surface area (TPSA) is 92.9 Å². The van der Waals surface area contributed by atoms with Crippen molar-refractivity contribution in [2.75, 3.05) is 32.8 Å². The Morgan fingerprint density at radius 2 is 1.62 bits per heavy atom. The predicted octanol–water partition coefficient (Wildman–Crippen LogP) is -1.23. The van der Waals surface area contributed by atoms with E-state index in [0.29, 0.717) is 32.8 Å². The summed E-state index contributed by atoms with van der Waals surface area (Å²) < 4.78 is 4.82. The molecule has 0 atom stereocenters. The fourth-order valence-electron chi connectivity index (χ4n) is 1.46. The van der Waals surface area contributed by atoms with E-state index in [-0.39, 0.29) is 0 Å². The average molecular weight is 229 g/mol. The molecule has 1 heterocycles. The summed E-state index contributed by atoms with van der Waals surface area (Å²) in [4.78, 5) is 36.0. The van der Waals surface area contributed by atoms with Crippen LogP contribution >= 0.6 is 0 Å². The van der Waals surface area contributed by atoms with Gasteiger partial charge in [-0.05, 0) is 6.92 Å². The van der Waals surface area contributed by atoms with Crippen molar-refractivity contribution in [3.8, 4) is 0 Å². The van der Waals surface area contributed by atoms with E-state index in [0.717, 1.165) is 0 Å². The minimum absolute atomic E-state index is 0.306. The van der Waals surface area contributed by atoms with Crippen molar-refractivity contribution in [3.05, 3.63) is 0 Å². The third kappa shape index (κ3) is 2.85. The maximum Gasteiger partial charge on any atom is 0.409 e. The molecule has 0 radical (unpaired) electrons. The minimum Gasteiger partial charge on any atom is -0.450 e. The molecule has 1 rings (SSSR count). The van der Waals surface area contributed by atoms with Crippen LogP contribution in [0, 0.1) is 0 Å². The van der Waals surface area contributed by atoms with Crippen molar-refractivity contribution in [1.29, 1.82) is 0 Å². The molecular weight excluding hydrogens is 214 g/mol. The molecular formula is C9H15N3O4. The molecule has 0 bridgehead atoms. The second-order valence-corrected chi connectivity index (χ2v) is 3.34. The maximum absolute atomic E-state index is 11.3. The lowest BCUT2D eigenvalue weighted by Crippen LogP contribution is -2.53. The van der Waals surface area contributed by atoms with Crippen LogP contribution in [0.5, 0.6) is 0 Å². The van der Waals surface area contributed by atoms with E-state index in [1.807, 2.05) is 0 Å². The van der Waals surface area contributed by atoms with E-state index in [1.54, 1.807) is 6.92 Å². The van der Waals surface area contributed by atoms with Gasteiger partial charge < -0.3 is 20.3 Å². The van der Waals surface area contributed by atoms with Gasteiger partial charge in [0.25, 0.3) is 0 Å². The normalized spacial score (nSPS) is 15.8. The lowest BCUT2D eigenvalue weighted by molar-refractivity contribution is -0.145. The number of nitrogens with zero attached hydrogens (tertiary/aromatic N) is 2. The first-order chi connectivity index (χ1) is 7.56. The van der Waals surface area contributed by atoms with Gasteiger partial charge in [0.15, 0.2) is 0 Å². The van der Waals surface area contributed by atoms with E-state index < -0.39 is 17.9 Å². The van der Waals surface area contributed by atoms with E-state index >= 15 is 0 Å². The summed E-state index contributed by atoms with van der Waals surface area (Å²) in [5.74, 6) is -1.67. The molecule has 1 fully saturated rings. The molecule has 90 valence electrons. The van der Waals surface area contributed by atoms with E-state index in [1.165, 1.54) is 9.80 Å². The molecule has 0 aromatic heterocycles. The highest BCUT2D eigenvalue weighted by molar-refractivity contribution is 6.34. The van der Waals surface area contributed by atoms with E-state index in [4.69, 9.17) is 10.5 Å². The van der Waals surface area contributed by atoms with Crippen molar-refractivity contribution in [1.82, 2.24) is 9.80 Å². The van der Waals surface area contributed by atoms with Crippen molar-refractivity contribution in [2.45, 2.75) is 6.92 Å². The van der Waals surface area contributed by atoms with Gasteiger partial charge in [-0.15, -0.1) is 0 Å². The first kappa shape index (κ1) is 12.3. The van der Waals surface area contributed by atoms with Gasteiger partial charge in [-0.1, -0.05) is 0 Å². The summed E-state index contributed by atoms with van der Waals surface area (Å²) in [5.41, 5.74) is 4.87. The lowest BCUT2D eigenvalue weighted by atomic mass is 10.3. The third-order valence-electron chi connectivity index (χ3n) is 2.30. The third-order valence-corrected chi connectivity index (χ3v) is 2.30. The number of nitrogens with two attached hydrogens (primary N) is 1. The van der Waals surface area contributed by atoms with Crippen LogP contribution < -0.4 is 5.73 Å². The number of rotatable bonds is 1. The zero-order valence-electron chi connectivity index (χ0n) is 9.14. The van der Waals surface area contributed by atoms with Crippen LogP contribution in [0.2, 0.25) is 0 Å². The van der Waals surface area contributed by atoms with Gasteiger partial charge in [0.05, 0.1) is 6.61 Å². The number of ether oxygens (including phenoxy) is 1. The van der Waals surface area contributed by atoms with Crippen LogP contribution in [0.1, 0.15) is 6.92 Å². The molecule has 0 unspecified atom stereocenters. The Balaban J connectivity index is 2.42. The highest BCUT2D eigenvalue weighted by atomic mass is 16.6. The van der Waals surface area contributed by atoms with Gasteiger partial charge in [0.1, 0.15) is 0 Å². The number of hydrogen-bond acceptors (Lipinski definition) is 4. The fourth-order valence-corrected chi connectivity index (χ4v) is 1.46. The molecule has 1 aliphatic rings. The quantitative estimate of drug-likeness (QED) is 0.570. The summed E-state index contributed by atoms with van der Waals surface area (Å²) in [6, 6.07) is 0. The predicted molar refractivity (Wildman–Crippen MR) is 54.4 cm³/mol. The standard InChI is InChI=1S/C9H15N3O4/c1-2-16-9(15)12-5-3-11(4-6-12)8(14)7(10)13/h2-6H2,1H3,(H2,10,13). The second-order valence-electron chi connectivity index (χ2n) is 3.34. The first-order valence-corrected chi connectivity index (χ1v) is 5.06. The number of piperazine rings is 1. The Labute approximate surface area is 93.1 Å². The van der Waals surface area contributed by atoms with Crippen molar-refractivity contribution >= 4 is 17.9 Å². The monoisotopic (exact) mass is 229 g/mol. The van der Waals surface area contributed by atoms with Crippen molar-refractivity contribution in [2.24, 2.45) is 5.73 Å². The summed E-state index contributed by atoms with van der Waals surface area (Å²) in [6.07, 6.45) is -0.395. The summed E-state index contributed by atoms with van der Waals surface area (Å²) in [6.45, 7) is 3.38. The highest BCUT2D eigenvalue weighted by Crippen LogP contribution is 2.03. The van der Waals surface area contributed by atoms with Crippen LogP contribution in [0.15, 0.2) is 0 Å². The van der Waals surface area contributed by atoms with Crippen LogP contribution in [0.3, 0.4) is 0 Å². The molecule has 1 saturated heterocycles. The zero-order chi connectivity index (χ0) is 12.1. The molecule has 0 aromatic carbocycles. The second kappa shape index (κ2) is 5.34. The molecule has 0 spiro atoms. The summed E-state index contributed by atoms with van der Waals surface area (Å²) in [5, 5.41) is 0. The molecule has 0 aromatic rings. The summed E-state index contributed by atoms with van der Waals surface area (Å²) in [7, 11) is 0. The number of amides is 3. The summed E-state index contributed by atoms with van der Waals surface area (Å²) >= 11 is 0. The largest absolute Gasteiger partial charge is 0.450 e. The van der Waals surface area contributed by atoms with Crippen LogP contribution in [-0.4, -0.2) is 60.5 Å². The van der Waals surface area contributed by atoms with Gasteiger partial charge in [0, 0.05) is 26.2 Å². The maximum atomic E-state index is 11.3. The van der Waals surface area contributed by atoms with Crippen molar-refractivity contribution in [3.63, 3.8) is 0 Å². The lowest BCUT2D eigenvalue weighted by Gasteiger charge is -2.33. The SMILES string of the molecule is CCOC(=O)N1CCN(C(=O)C(N)=O)CC1. The van der Waals surface area contributed by atoms with Crippen molar-refractivity contribution < 1.29 is 19.1 Å². The van der Waals surface area contributed by atoms with Gasteiger partial charge >= 0.3 is 17.9 Å².